The van der Waals surface area contributed by atoms with Crippen LogP contribution in [0.25, 0.3) is 54.6 Å². The second-order valence-corrected chi connectivity index (χ2v) is 13.5. The third kappa shape index (κ3) is 4.39. The molecule has 1 atom stereocenters. The van der Waals surface area contributed by atoms with Gasteiger partial charge in [0.25, 0.3) is 0 Å². The van der Waals surface area contributed by atoms with Crippen molar-refractivity contribution in [2.45, 2.75) is 5.41 Å². The molecule has 1 unspecified atom stereocenters. The highest BCUT2D eigenvalue weighted by atomic mass is 16.3. The molecule has 0 amide bonds. The molecule has 0 saturated heterocycles. The van der Waals surface area contributed by atoms with Crippen LogP contribution in [0.2, 0.25) is 0 Å². The van der Waals surface area contributed by atoms with Crippen LogP contribution >= 0.6 is 0 Å². The molecule has 248 valence electrons. The molecular weight excluding hydrogens is 643 g/mol. The SMILES string of the molecule is [2H]c1c([2H])c([2H])c2c([2H])c(C3(c4cccc5c4oc4ccccc45)c4ccccc4-c4cc(N(c5ccccc5)c5ccc6ccccc6c5)ccc43)c([2H])c([2H])c2c1[2H]. The first kappa shape index (κ1) is 23.6. The van der Waals surface area contributed by atoms with Gasteiger partial charge in [-0.25, -0.2) is 0 Å². The maximum Gasteiger partial charge on any atom is 0.140 e. The van der Waals surface area contributed by atoms with Gasteiger partial charge in [0.1, 0.15) is 11.2 Å². The molecule has 0 bridgehead atoms. The monoisotopic (exact) mass is 682 g/mol. The number of rotatable bonds is 5. The fraction of sp³-hybridized carbons (Fsp3) is 0.0196. The Balaban J connectivity index is 1.28. The number of fused-ring (bicyclic) bond motifs is 8. The quantitative estimate of drug-likeness (QED) is 0.180. The minimum atomic E-state index is -1.44. The Bertz CT molecular complexity index is 3430. The average Bonchev–Trinajstić information content (AvgIpc) is 3.80. The summed E-state index contributed by atoms with van der Waals surface area (Å²) in [5, 5.41) is 3.75. The molecule has 0 aliphatic heterocycles. The molecule has 1 aromatic heterocycles. The van der Waals surface area contributed by atoms with Crippen molar-refractivity contribution in [3.05, 3.63) is 222 Å². The predicted octanol–water partition coefficient (Wildman–Crippen LogP) is 13.7. The number of hydrogen-bond acceptors (Lipinski definition) is 2. The van der Waals surface area contributed by atoms with Gasteiger partial charge in [0, 0.05) is 33.4 Å². The Hall–Kier alpha value is -6.90. The van der Waals surface area contributed by atoms with E-state index in [-0.39, 0.29) is 34.5 Å². The summed E-state index contributed by atoms with van der Waals surface area (Å²) in [7, 11) is 0. The second kappa shape index (κ2) is 11.6. The Morgan fingerprint density at radius 1 is 0.453 bits per heavy atom. The zero-order valence-electron chi connectivity index (χ0n) is 35.4. The van der Waals surface area contributed by atoms with Crippen LogP contribution in [0.5, 0.6) is 0 Å². The van der Waals surface area contributed by atoms with E-state index in [2.05, 4.69) is 65.6 Å². The van der Waals surface area contributed by atoms with E-state index in [9.17, 15) is 4.11 Å². The molecule has 11 rings (SSSR count). The molecule has 9 aromatic carbocycles. The van der Waals surface area contributed by atoms with Gasteiger partial charge in [-0.1, -0.05) is 152 Å². The number of hydrogen-bond donors (Lipinski definition) is 0. The normalized spacial score (nSPS) is 16.7. The van der Waals surface area contributed by atoms with Crippen LogP contribution in [0.15, 0.2) is 204 Å². The van der Waals surface area contributed by atoms with Crippen LogP contribution in [0.1, 0.15) is 31.8 Å². The Kier molecular flexibility index (Phi) is 5.14. The Morgan fingerprint density at radius 3 is 2.08 bits per heavy atom. The van der Waals surface area contributed by atoms with Crippen LogP contribution in [0, 0.1) is 0 Å². The number of para-hydroxylation sites is 3. The molecule has 0 spiro atoms. The topological polar surface area (TPSA) is 16.4 Å². The molecule has 0 radical (unpaired) electrons. The van der Waals surface area contributed by atoms with Crippen molar-refractivity contribution >= 4 is 60.5 Å². The number of nitrogens with zero attached hydrogens (tertiary/aromatic N) is 1. The highest BCUT2D eigenvalue weighted by molar-refractivity contribution is 6.07. The number of anilines is 3. The lowest BCUT2D eigenvalue weighted by atomic mass is 9.67. The molecule has 1 heterocycles. The Labute approximate surface area is 317 Å². The largest absolute Gasteiger partial charge is 0.456 e. The minimum Gasteiger partial charge on any atom is -0.456 e. The van der Waals surface area contributed by atoms with E-state index in [1.165, 1.54) is 0 Å². The van der Waals surface area contributed by atoms with Crippen LogP contribution < -0.4 is 4.90 Å². The number of furan rings is 1. The maximum atomic E-state index is 10.0. The van der Waals surface area contributed by atoms with Gasteiger partial charge in [0.2, 0.25) is 0 Å². The van der Waals surface area contributed by atoms with E-state index >= 15 is 0 Å². The molecule has 2 heteroatoms. The summed E-state index contributed by atoms with van der Waals surface area (Å²) >= 11 is 0. The third-order valence-electron chi connectivity index (χ3n) is 10.7. The van der Waals surface area contributed by atoms with Gasteiger partial charge in [0.15, 0.2) is 0 Å². The molecule has 2 nitrogen and oxygen atoms in total. The van der Waals surface area contributed by atoms with Gasteiger partial charge in [-0.15, -0.1) is 0 Å². The first-order valence-corrected chi connectivity index (χ1v) is 17.7. The van der Waals surface area contributed by atoms with Crippen LogP contribution in [0.4, 0.5) is 17.1 Å². The maximum absolute atomic E-state index is 10.0. The standard InChI is InChI=1S/C51H33NO/c1-2-17-39(18-3-1)52(40-28-26-35-14-5-7-16-37(35)32-40)41-29-30-47-45(33-41)42-19-8-10-22-46(42)51(47,38-27-25-34-13-4-6-15-36(34)31-38)48-23-12-21-44-43-20-9-11-24-49(43)53-50(44)48/h1-33H/i4D,6D,13D,15D,25D,27D,31D. The fourth-order valence-electron chi connectivity index (χ4n) is 8.46. The highest BCUT2D eigenvalue weighted by Gasteiger charge is 2.48. The lowest BCUT2D eigenvalue weighted by Gasteiger charge is -2.34. The van der Waals surface area contributed by atoms with E-state index in [1.807, 2.05) is 97.1 Å². The van der Waals surface area contributed by atoms with Gasteiger partial charge in [-0.2, -0.15) is 0 Å². The van der Waals surface area contributed by atoms with Gasteiger partial charge in [-0.05, 0) is 97.9 Å². The predicted molar refractivity (Wildman–Crippen MR) is 221 cm³/mol. The molecule has 0 fully saturated rings. The zero-order valence-corrected chi connectivity index (χ0v) is 28.4. The lowest BCUT2D eigenvalue weighted by molar-refractivity contribution is 0.648. The van der Waals surface area contributed by atoms with Crippen molar-refractivity contribution in [1.82, 2.24) is 0 Å². The fourth-order valence-corrected chi connectivity index (χ4v) is 8.46. The summed E-state index contributed by atoms with van der Waals surface area (Å²) in [5.74, 6) is 0. The first-order valence-electron chi connectivity index (χ1n) is 21.2. The van der Waals surface area contributed by atoms with E-state index in [1.54, 1.807) is 0 Å². The molecule has 1 aliphatic carbocycles. The van der Waals surface area contributed by atoms with Crippen molar-refractivity contribution < 1.29 is 14.0 Å². The van der Waals surface area contributed by atoms with Crippen LogP contribution in [0.3, 0.4) is 0 Å². The summed E-state index contributed by atoms with van der Waals surface area (Å²) < 4.78 is 71.0. The van der Waals surface area contributed by atoms with E-state index < -0.39 is 29.6 Å². The molecule has 1 aliphatic rings. The van der Waals surface area contributed by atoms with Crippen molar-refractivity contribution in [2.75, 3.05) is 4.90 Å². The van der Waals surface area contributed by atoms with Crippen LogP contribution in [-0.4, -0.2) is 0 Å². The summed E-state index contributed by atoms with van der Waals surface area (Å²) in [6.07, 6.45) is 0. The van der Waals surface area contributed by atoms with E-state index in [0.29, 0.717) is 16.7 Å². The van der Waals surface area contributed by atoms with Gasteiger partial charge in [-0.3, -0.25) is 0 Å². The van der Waals surface area contributed by atoms with E-state index in [0.717, 1.165) is 60.9 Å². The summed E-state index contributed by atoms with van der Waals surface area (Å²) in [6, 6.07) is 50.1. The van der Waals surface area contributed by atoms with Crippen LogP contribution in [-0.2, 0) is 5.41 Å². The van der Waals surface area contributed by atoms with Gasteiger partial charge in [0.05, 0.1) is 15.0 Å². The summed E-state index contributed by atoms with van der Waals surface area (Å²) in [4.78, 5) is 2.22. The van der Waals surface area contributed by atoms with Gasteiger partial charge >= 0.3 is 0 Å². The molecule has 53 heavy (non-hydrogen) atoms. The van der Waals surface area contributed by atoms with Crippen molar-refractivity contribution in [3.63, 3.8) is 0 Å². The molecule has 0 N–H and O–H groups in total. The lowest BCUT2D eigenvalue weighted by Crippen LogP contribution is -2.29. The second-order valence-electron chi connectivity index (χ2n) is 13.5. The van der Waals surface area contributed by atoms with Crippen molar-refractivity contribution in [2.24, 2.45) is 0 Å². The van der Waals surface area contributed by atoms with Crippen molar-refractivity contribution in [1.29, 1.82) is 0 Å². The summed E-state index contributed by atoms with van der Waals surface area (Å²) in [5.41, 5.74) is 6.67. The smallest absolute Gasteiger partial charge is 0.140 e. The summed E-state index contributed by atoms with van der Waals surface area (Å²) in [6.45, 7) is 0. The third-order valence-corrected chi connectivity index (χ3v) is 10.7. The molecule has 10 aromatic rings. The minimum absolute atomic E-state index is 0.0951. The van der Waals surface area contributed by atoms with Gasteiger partial charge < -0.3 is 9.32 Å². The first-order chi connectivity index (χ1) is 29.2. The molecular formula is C51H33NO. The Morgan fingerprint density at radius 2 is 1.15 bits per heavy atom. The average molecular weight is 683 g/mol. The molecule has 0 saturated carbocycles. The zero-order chi connectivity index (χ0) is 41.0. The number of benzene rings is 9. The van der Waals surface area contributed by atoms with E-state index in [4.69, 9.17) is 9.90 Å². The highest BCUT2D eigenvalue weighted by Crippen LogP contribution is 2.59. The van der Waals surface area contributed by atoms with Crippen molar-refractivity contribution in [3.8, 4) is 11.1 Å².